The summed E-state index contributed by atoms with van der Waals surface area (Å²) in [6, 6.07) is 9.93. The van der Waals surface area contributed by atoms with Gasteiger partial charge in [0.15, 0.2) is 11.5 Å². The van der Waals surface area contributed by atoms with E-state index in [-0.39, 0.29) is 18.8 Å². The SMILES string of the molecule is CCCCOc1ccc(/C=C/C(=O)N(CC)CC(=O)Nc2ccccc2C(F)(F)F)cc1OC. The van der Waals surface area contributed by atoms with Crippen LogP contribution in [0, 0.1) is 0 Å². The summed E-state index contributed by atoms with van der Waals surface area (Å²) in [4.78, 5) is 26.1. The summed E-state index contributed by atoms with van der Waals surface area (Å²) in [5, 5.41) is 2.25. The van der Waals surface area contributed by atoms with Crippen LogP contribution in [-0.4, -0.2) is 43.5 Å². The molecule has 0 heterocycles. The third-order valence-corrected chi connectivity index (χ3v) is 4.90. The van der Waals surface area contributed by atoms with Crippen molar-refractivity contribution < 1.29 is 32.2 Å². The Bertz CT molecular complexity index is 1010. The Morgan fingerprint density at radius 3 is 2.47 bits per heavy atom. The molecule has 0 radical (unpaired) electrons. The quantitative estimate of drug-likeness (QED) is 0.347. The Kier molecular flexibility index (Phi) is 9.97. The number of unbranched alkanes of at least 4 members (excludes halogenated alkanes) is 1. The highest BCUT2D eigenvalue weighted by molar-refractivity contribution is 5.98. The summed E-state index contributed by atoms with van der Waals surface area (Å²) in [6.07, 6.45) is 0.186. The van der Waals surface area contributed by atoms with Crippen molar-refractivity contribution >= 4 is 23.6 Å². The minimum absolute atomic E-state index is 0.199. The van der Waals surface area contributed by atoms with E-state index in [9.17, 15) is 22.8 Å². The molecular weight excluding hydrogens is 449 g/mol. The van der Waals surface area contributed by atoms with Gasteiger partial charge in [0.2, 0.25) is 11.8 Å². The average Bonchev–Trinajstić information content (AvgIpc) is 2.81. The molecule has 2 aromatic rings. The number of methoxy groups -OCH3 is 1. The maximum Gasteiger partial charge on any atom is 0.418 e. The second kappa shape index (κ2) is 12.7. The predicted octanol–water partition coefficient (Wildman–Crippen LogP) is 5.39. The molecule has 0 spiro atoms. The second-order valence-corrected chi connectivity index (χ2v) is 7.39. The Hall–Kier alpha value is -3.49. The number of ether oxygens (including phenoxy) is 2. The van der Waals surface area contributed by atoms with E-state index in [2.05, 4.69) is 12.2 Å². The molecule has 184 valence electrons. The molecule has 0 saturated carbocycles. The molecule has 6 nitrogen and oxygen atoms in total. The van der Waals surface area contributed by atoms with Crippen LogP contribution in [0.15, 0.2) is 48.5 Å². The number of likely N-dealkylation sites (N-methyl/N-ethyl adjacent to an activating group) is 1. The molecule has 9 heteroatoms. The van der Waals surface area contributed by atoms with Crippen LogP contribution in [-0.2, 0) is 15.8 Å². The van der Waals surface area contributed by atoms with Gasteiger partial charge in [-0.15, -0.1) is 0 Å². The first-order valence-electron chi connectivity index (χ1n) is 10.9. The number of carbonyl (C=O) groups is 2. The minimum Gasteiger partial charge on any atom is -0.493 e. The van der Waals surface area contributed by atoms with Gasteiger partial charge >= 0.3 is 6.18 Å². The molecule has 0 aliphatic rings. The summed E-state index contributed by atoms with van der Waals surface area (Å²) < 4.78 is 50.4. The molecule has 2 amide bonds. The zero-order valence-electron chi connectivity index (χ0n) is 19.4. The standard InChI is InChI=1S/C25H29F3N2O4/c1-4-6-15-34-21-13-11-18(16-22(21)33-3)12-14-24(32)30(5-2)17-23(31)29-20-10-8-7-9-19(20)25(26,27)28/h7-14,16H,4-6,15,17H2,1-3H3,(H,29,31)/b14-12+. The molecule has 0 saturated heterocycles. The van der Waals surface area contributed by atoms with Gasteiger partial charge in [-0.05, 0) is 49.2 Å². The number of amides is 2. The van der Waals surface area contributed by atoms with Crippen LogP contribution in [0.4, 0.5) is 18.9 Å². The van der Waals surface area contributed by atoms with Gasteiger partial charge in [0, 0.05) is 12.6 Å². The van der Waals surface area contributed by atoms with Crippen LogP contribution in [0.2, 0.25) is 0 Å². The topological polar surface area (TPSA) is 67.9 Å². The molecule has 0 aliphatic carbocycles. The summed E-state index contributed by atoms with van der Waals surface area (Å²) in [6.45, 7) is 4.12. The van der Waals surface area contributed by atoms with E-state index in [1.54, 1.807) is 31.2 Å². The van der Waals surface area contributed by atoms with Gasteiger partial charge in [-0.1, -0.05) is 31.5 Å². The molecule has 1 N–H and O–H groups in total. The zero-order chi connectivity index (χ0) is 25.1. The first kappa shape index (κ1) is 26.8. The van der Waals surface area contributed by atoms with Crippen LogP contribution >= 0.6 is 0 Å². The van der Waals surface area contributed by atoms with Gasteiger partial charge in [-0.2, -0.15) is 13.2 Å². The van der Waals surface area contributed by atoms with Gasteiger partial charge in [-0.3, -0.25) is 9.59 Å². The predicted molar refractivity (Wildman–Crippen MR) is 125 cm³/mol. The van der Waals surface area contributed by atoms with E-state index in [1.807, 2.05) is 0 Å². The number of hydrogen-bond acceptors (Lipinski definition) is 4. The van der Waals surface area contributed by atoms with Crippen molar-refractivity contribution in [1.82, 2.24) is 4.90 Å². The molecule has 0 unspecified atom stereocenters. The highest BCUT2D eigenvalue weighted by Crippen LogP contribution is 2.34. The molecule has 34 heavy (non-hydrogen) atoms. The van der Waals surface area contributed by atoms with E-state index in [4.69, 9.17) is 9.47 Å². The Labute approximate surface area is 197 Å². The number of nitrogens with one attached hydrogen (secondary N) is 1. The maximum atomic E-state index is 13.1. The van der Waals surface area contributed by atoms with Crippen LogP contribution < -0.4 is 14.8 Å². The van der Waals surface area contributed by atoms with Crippen LogP contribution in [0.1, 0.15) is 37.8 Å². The molecule has 0 aromatic heterocycles. The fourth-order valence-corrected chi connectivity index (χ4v) is 3.05. The molecule has 0 aliphatic heterocycles. The number of nitrogens with zero attached hydrogens (tertiary/aromatic N) is 1. The molecule has 2 aromatic carbocycles. The highest BCUT2D eigenvalue weighted by atomic mass is 19.4. The molecule has 0 atom stereocenters. The summed E-state index contributed by atoms with van der Waals surface area (Å²) in [5.41, 5.74) is -0.617. The second-order valence-electron chi connectivity index (χ2n) is 7.39. The largest absolute Gasteiger partial charge is 0.493 e. The number of alkyl halides is 3. The lowest BCUT2D eigenvalue weighted by Gasteiger charge is -2.20. The van der Waals surface area contributed by atoms with Crippen molar-refractivity contribution in [2.45, 2.75) is 32.9 Å². The molecular formula is C25H29F3N2O4. The van der Waals surface area contributed by atoms with E-state index in [0.717, 1.165) is 18.9 Å². The van der Waals surface area contributed by atoms with E-state index < -0.39 is 23.6 Å². The van der Waals surface area contributed by atoms with Gasteiger partial charge < -0.3 is 19.7 Å². The first-order valence-corrected chi connectivity index (χ1v) is 10.9. The molecule has 2 rings (SSSR count). The third-order valence-electron chi connectivity index (χ3n) is 4.90. The lowest BCUT2D eigenvalue weighted by Crippen LogP contribution is -2.37. The van der Waals surface area contributed by atoms with Gasteiger partial charge in [0.1, 0.15) is 6.54 Å². The number of para-hydroxylation sites is 1. The fraction of sp³-hybridized carbons (Fsp3) is 0.360. The number of halogens is 3. The Morgan fingerprint density at radius 2 is 1.82 bits per heavy atom. The summed E-state index contributed by atoms with van der Waals surface area (Å²) in [7, 11) is 1.52. The number of benzene rings is 2. The van der Waals surface area contributed by atoms with Crippen molar-refractivity contribution in [3.8, 4) is 11.5 Å². The fourth-order valence-electron chi connectivity index (χ4n) is 3.05. The maximum absolute atomic E-state index is 13.1. The number of carbonyl (C=O) groups excluding carboxylic acids is 2. The van der Waals surface area contributed by atoms with Gasteiger partial charge in [-0.25, -0.2) is 0 Å². The van der Waals surface area contributed by atoms with Gasteiger partial charge in [0.05, 0.1) is 25.0 Å². The lowest BCUT2D eigenvalue weighted by atomic mass is 10.1. The zero-order valence-corrected chi connectivity index (χ0v) is 19.4. The molecule has 0 fully saturated rings. The number of rotatable bonds is 11. The van der Waals surface area contributed by atoms with Crippen molar-refractivity contribution in [3.63, 3.8) is 0 Å². The van der Waals surface area contributed by atoms with Crippen LogP contribution in [0.5, 0.6) is 11.5 Å². The third kappa shape index (κ3) is 7.83. The van der Waals surface area contributed by atoms with Crippen LogP contribution in [0.3, 0.4) is 0 Å². The lowest BCUT2D eigenvalue weighted by molar-refractivity contribution is -0.137. The normalized spacial score (nSPS) is 11.4. The van der Waals surface area contributed by atoms with Crippen LogP contribution in [0.25, 0.3) is 6.08 Å². The highest BCUT2D eigenvalue weighted by Gasteiger charge is 2.33. The smallest absolute Gasteiger partial charge is 0.418 e. The minimum atomic E-state index is -4.61. The van der Waals surface area contributed by atoms with Crippen molar-refractivity contribution in [1.29, 1.82) is 0 Å². The monoisotopic (exact) mass is 478 g/mol. The van der Waals surface area contributed by atoms with Crippen molar-refractivity contribution in [2.24, 2.45) is 0 Å². The van der Waals surface area contributed by atoms with E-state index in [0.29, 0.717) is 23.7 Å². The van der Waals surface area contributed by atoms with Crippen molar-refractivity contribution in [2.75, 3.05) is 32.1 Å². The number of hydrogen-bond donors (Lipinski definition) is 1. The summed E-state index contributed by atoms with van der Waals surface area (Å²) >= 11 is 0. The number of anilines is 1. The van der Waals surface area contributed by atoms with E-state index in [1.165, 1.54) is 36.3 Å². The Balaban J connectivity index is 2.04. The van der Waals surface area contributed by atoms with Gasteiger partial charge in [0.25, 0.3) is 0 Å². The molecule has 0 bridgehead atoms. The first-order chi connectivity index (χ1) is 16.2. The van der Waals surface area contributed by atoms with Crippen molar-refractivity contribution in [3.05, 3.63) is 59.7 Å². The van der Waals surface area contributed by atoms with E-state index >= 15 is 0 Å². The Morgan fingerprint density at radius 1 is 1.09 bits per heavy atom. The average molecular weight is 479 g/mol. The summed E-state index contributed by atoms with van der Waals surface area (Å²) in [5.74, 6) is -0.0503.